The lowest BCUT2D eigenvalue weighted by atomic mass is 9.50. The number of aliphatic hydroxyl groups is 1. The number of aliphatic hydroxyl groups excluding tert-OH is 1. The third-order valence-electron chi connectivity index (χ3n) is 7.72. The van der Waals surface area contributed by atoms with Crippen LogP contribution in [0.2, 0.25) is 0 Å². The molecule has 0 radical (unpaired) electrons. The Balaban J connectivity index is 0.000000693. The van der Waals surface area contributed by atoms with Crippen molar-refractivity contribution in [1.82, 2.24) is 0 Å². The van der Waals surface area contributed by atoms with Crippen LogP contribution in [0.3, 0.4) is 0 Å². The topological polar surface area (TPSA) is 37.3 Å². The summed E-state index contributed by atoms with van der Waals surface area (Å²) < 4.78 is 0. The Morgan fingerprint density at radius 1 is 0.955 bits per heavy atom. The SMILES string of the molecule is CC.CC12CCC3C4CCC(=O)CC4CCC3C1CCC2O. The van der Waals surface area contributed by atoms with Crippen LogP contribution in [0.4, 0.5) is 0 Å². The Morgan fingerprint density at radius 2 is 1.73 bits per heavy atom. The van der Waals surface area contributed by atoms with Gasteiger partial charge in [-0.1, -0.05) is 20.8 Å². The fourth-order valence-electron chi connectivity index (χ4n) is 6.63. The van der Waals surface area contributed by atoms with Gasteiger partial charge >= 0.3 is 0 Å². The summed E-state index contributed by atoms with van der Waals surface area (Å²) in [6.45, 7) is 6.35. The van der Waals surface area contributed by atoms with Gasteiger partial charge < -0.3 is 5.11 Å². The van der Waals surface area contributed by atoms with Crippen molar-refractivity contribution in [3.8, 4) is 0 Å². The molecule has 7 atom stereocenters. The van der Waals surface area contributed by atoms with E-state index < -0.39 is 0 Å². The number of carbonyl (C=O) groups is 1. The number of hydrogen-bond acceptors (Lipinski definition) is 2. The van der Waals surface area contributed by atoms with Gasteiger partial charge in [0, 0.05) is 12.8 Å². The van der Waals surface area contributed by atoms with E-state index in [1.54, 1.807) is 0 Å². The molecule has 22 heavy (non-hydrogen) atoms. The number of fused-ring (bicyclic) bond motifs is 5. The lowest BCUT2D eigenvalue weighted by Gasteiger charge is -2.55. The number of Topliss-reactive ketones (excluding diaryl/α,β-unsaturated/α-hetero) is 1. The van der Waals surface area contributed by atoms with Crippen molar-refractivity contribution in [3.05, 3.63) is 0 Å². The van der Waals surface area contributed by atoms with E-state index in [4.69, 9.17) is 0 Å². The first-order valence-electron chi connectivity index (χ1n) is 9.79. The second-order valence-corrected chi connectivity index (χ2v) is 8.35. The molecule has 4 aliphatic carbocycles. The maximum absolute atomic E-state index is 11.7. The molecule has 0 aromatic rings. The van der Waals surface area contributed by atoms with E-state index in [9.17, 15) is 9.90 Å². The average Bonchev–Trinajstić information content (AvgIpc) is 2.84. The summed E-state index contributed by atoms with van der Waals surface area (Å²) in [5, 5.41) is 10.4. The minimum Gasteiger partial charge on any atom is -0.393 e. The van der Waals surface area contributed by atoms with Gasteiger partial charge in [0.15, 0.2) is 0 Å². The molecule has 2 heteroatoms. The Labute approximate surface area is 136 Å². The van der Waals surface area contributed by atoms with Gasteiger partial charge in [-0.05, 0) is 80.0 Å². The zero-order chi connectivity index (χ0) is 15.9. The van der Waals surface area contributed by atoms with Crippen molar-refractivity contribution >= 4 is 5.78 Å². The van der Waals surface area contributed by atoms with Crippen molar-refractivity contribution in [2.45, 2.75) is 84.7 Å². The molecule has 2 nitrogen and oxygen atoms in total. The van der Waals surface area contributed by atoms with Crippen LogP contribution in [-0.4, -0.2) is 17.0 Å². The van der Waals surface area contributed by atoms with Gasteiger partial charge in [0.05, 0.1) is 6.10 Å². The predicted octanol–water partition coefficient (Wildman–Crippen LogP) is 4.60. The lowest BCUT2D eigenvalue weighted by Crippen LogP contribution is -2.49. The van der Waals surface area contributed by atoms with Gasteiger partial charge in [0.1, 0.15) is 5.78 Å². The molecular weight excluding hydrogens is 272 g/mol. The minimum atomic E-state index is -0.0564. The normalized spacial score (nSPS) is 50.3. The van der Waals surface area contributed by atoms with Crippen LogP contribution in [0.5, 0.6) is 0 Å². The quantitative estimate of drug-likeness (QED) is 0.710. The van der Waals surface area contributed by atoms with E-state index in [1.807, 2.05) is 13.8 Å². The van der Waals surface area contributed by atoms with E-state index >= 15 is 0 Å². The highest BCUT2D eigenvalue weighted by Crippen LogP contribution is 2.62. The van der Waals surface area contributed by atoms with E-state index in [0.717, 1.165) is 49.4 Å². The van der Waals surface area contributed by atoms with Gasteiger partial charge in [0.2, 0.25) is 0 Å². The molecule has 0 spiro atoms. The lowest BCUT2D eigenvalue weighted by molar-refractivity contribution is -0.128. The van der Waals surface area contributed by atoms with Crippen LogP contribution in [-0.2, 0) is 4.79 Å². The Hall–Kier alpha value is -0.370. The first-order valence-corrected chi connectivity index (χ1v) is 9.79. The molecule has 4 aliphatic rings. The number of hydrogen-bond donors (Lipinski definition) is 1. The summed E-state index contributed by atoms with van der Waals surface area (Å²) in [7, 11) is 0. The van der Waals surface area contributed by atoms with E-state index in [-0.39, 0.29) is 11.5 Å². The molecule has 1 N–H and O–H groups in total. The fourth-order valence-corrected chi connectivity index (χ4v) is 6.63. The highest BCUT2D eigenvalue weighted by atomic mass is 16.3. The van der Waals surface area contributed by atoms with Gasteiger partial charge in [0.25, 0.3) is 0 Å². The summed E-state index contributed by atoms with van der Waals surface area (Å²) >= 11 is 0. The summed E-state index contributed by atoms with van der Waals surface area (Å²) in [6.07, 6.45) is 10.2. The maximum Gasteiger partial charge on any atom is 0.133 e. The molecule has 0 saturated heterocycles. The number of carbonyl (C=O) groups excluding carboxylic acids is 1. The first kappa shape index (κ1) is 16.5. The van der Waals surface area contributed by atoms with Crippen molar-refractivity contribution < 1.29 is 9.90 Å². The van der Waals surface area contributed by atoms with Gasteiger partial charge in [-0.15, -0.1) is 0 Å². The molecule has 0 heterocycles. The van der Waals surface area contributed by atoms with Gasteiger partial charge in [-0.25, -0.2) is 0 Å². The Bertz CT molecular complexity index is 418. The van der Waals surface area contributed by atoms with E-state index in [1.165, 1.54) is 32.1 Å². The molecule has 0 aromatic heterocycles. The van der Waals surface area contributed by atoms with Crippen molar-refractivity contribution in [2.75, 3.05) is 0 Å². The van der Waals surface area contributed by atoms with Crippen LogP contribution < -0.4 is 0 Å². The minimum absolute atomic E-state index is 0.0564. The average molecular weight is 306 g/mol. The first-order chi connectivity index (χ1) is 10.6. The summed E-state index contributed by atoms with van der Waals surface area (Å²) in [6, 6.07) is 0. The smallest absolute Gasteiger partial charge is 0.133 e. The van der Waals surface area contributed by atoms with Crippen molar-refractivity contribution in [3.63, 3.8) is 0 Å². The molecule has 0 bridgehead atoms. The highest BCUT2D eigenvalue weighted by Gasteiger charge is 2.56. The highest BCUT2D eigenvalue weighted by molar-refractivity contribution is 5.79. The standard InChI is InChI=1S/C18H28O2.C2H6/c1-18-9-8-14-13-5-3-12(19)10-11(13)2-4-15(14)16(18)6-7-17(18)20;1-2/h11,13-17,20H,2-10H2,1H3;1-2H3. The third kappa shape index (κ3) is 2.46. The summed E-state index contributed by atoms with van der Waals surface area (Å²) in [4.78, 5) is 11.7. The molecule has 126 valence electrons. The predicted molar refractivity (Wildman–Crippen MR) is 89.5 cm³/mol. The largest absolute Gasteiger partial charge is 0.393 e. The maximum atomic E-state index is 11.7. The van der Waals surface area contributed by atoms with E-state index in [2.05, 4.69) is 6.92 Å². The Kier molecular flexibility index (Phi) is 4.69. The molecule has 4 saturated carbocycles. The summed E-state index contributed by atoms with van der Waals surface area (Å²) in [5.74, 6) is 4.52. The molecule has 0 amide bonds. The third-order valence-corrected chi connectivity index (χ3v) is 7.72. The molecule has 4 rings (SSSR count). The van der Waals surface area contributed by atoms with Crippen LogP contribution in [0.15, 0.2) is 0 Å². The second kappa shape index (κ2) is 6.26. The van der Waals surface area contributed by atoms with Crippen molar-refractivity contribution in [1.29, 1.82) is 0 Å². The van der Waals surface area contributed by atoms with Crippen LogP contribution in [0.1, 0.15) is 78.6 Å². The van der Waals surface area contributed by atoms with Crippen molar-refractivity contribution in [2.24, 2.45) is 35.0 Å². The van der Waals surface area contributed by atoms with Gasteiger partial charge in [-0.2, -0.15) is 0 Å². The van der Waals surface area contributed by atoms with Crippen LogP contribution in [0.25, 0.3) is 0 Å². The van der Waals surface area contributed by atoms with Crippen LogP contribution >= 0.6 is 0 Å². The monoisotopic (exact) mass is 306 g/mol. The fraction of sp³-hybridized carbons (Fsp3) is 0.950. The second-order valence-electron chi connectivity index (χ2n) is 8.35. The molecule has 7 unspecified atom stereocenters. The summed E-state index contributed by atoms with van der Waals surface area (Å²) in [5.41, 5.74) is 0.207. The zero-order valence-electron chi connectivity index (χ0n) is 14.7. The zero-order valence-corrected chi connectivity index (χ0v) is 14.7. The van der Waals surface area contributed by atoms with Crippen LogP contribution in [0, 0.1) is 35.0 Å². The van der Waals surface area contributed by atoms with Gasteiger partial charge in [-0.3, -0.25) is 4.79 Å². The number of rotatable bonds is 0. The molecular formula is C20H34O2. The van der Waals surface area contributed by atoms with E-state index in [0.29, 0.717) is 11.7 Å². The molecule has 4 fully saturated rings. The number of ketones is 1. The molecule has 0 aromatic carbocycles. The molecule has 0 aliphatic heterocycles. The Morgan fingerprint density at radius 3 is 2.50 bits per heavy atom.